The molecular weight excluding hydrogens is 306 g/mol. The van der Waals surface area contributed by atoms with Crippen molar-refractivity contribution in [1.82, 2.24) is 5.32 Å². The first-order chi connectivity index (χ1) is 10.6. The molecule has 1 aromatic heterocycles. The standard InChI is InChI=1S/C14H15N3O4S/c18-8-7-12(13-2-1-9-22-13)16-14(19)15-10-3-5-11(6-4-10)17(20)21/h1-6,9,12,18H,7-8H2,(H2,15,16,19)/t12-/m1/s1. The van der Waals surface area contributed by atoms with E-state index in [-0.39, 0.29) is 18.3 Å². The van der Waals surface area contributed by atoms with Crippen LogP contribution in [0.4, 0.5) is 16.2 Å². The summed E-state index contributed by atoms with van der Waals surface area (Å²) in [6.07, 6.45) is 0.411. The first kappa shape index (κ1) is 15.9. The predicted molar refractivity (Wildman–Crippen MR) is 84.0 cm³/mol. The van der Waals surface area contributed by atoms with E-state index in [4.69, 9.17) is 5.11 Å². The maximum atomic E-state index is 12.0. The molecule has 2 rings (SSSR count). The van der Waals surface area contributed by atoms with Crippen molar-refractivity contribution in [3.8, 4) is 0 Å². The van der Waals surface area contributed by atoms with Gasteiger partial charge >= 0.3 is 6.03 Å². The number of thiophene rings is 1. The van der Waals surface area contributed by atoms with Crippen LogP contribution >= 0.6 is 11.3 Å². The number of nitro groups is 1. The Balaban J connectivity index is 1.97. The molecule has 0 spiro atoms. The monoisotopic (exact) mass is 321 g/mol. The molecule has 3 N–H and O–H groups in total. The van der Waals surface area contributed by atoms with Gasteiger partial charge in [-0.25, -0.2) is 4.79 Å². The minimum Gasteiger partial charge on any atom is -0.396 e. The van der Waals surface area contributed by atoms with Gasteiger partial charge < -0.3 is 15.7 Å². The van der Waals surface area contributed by atoms with Gasteiger partial charge in [-0.2, -0.15) is 0 Å². The molecule has 0 aliphatic carbocycles. The Kier molecular flexibility index (Phi) is 5.45. The fourth-order valence-corrected chi connectivity index (χ4v) is 2.71. The molecule has 0 radical (unpaired) electrons. The molecule has 0 unspecified atom stereocenters. The van der Waals surface area contributed by atoms with E-state index in [0.29, 0.717) is 12.1 Å². The second-order valence-electron chi connectivity index (χ2n) is 4.48. The lowest BCUT2D eigenvalue weighted by Crippen LogP contribution is -2.32. The third-order valence-corrected chi connectivity index (χ3v) is 3.93. The Hall–Kier alpha value is -2.45. The fraction of sp³-hybridized carbons (Fsp3) is 0.214. The number of nitrogens with zero attached hydrogens (tertiary/aromatic N) is 1. The number of anilines is 1. The summed E-state index contributed by atoms with van der Waals surface area (Å²) in [5.41, 5.74) is 0.416. The molecule has 1 heterocycles. The number of rotatable bonds is 6. The highest BCUT2D eigenvalue weighted by molar-refractivity contribution is 7.10. The third-order valence-electron chi connectivity index (χ3n) is 2.95. The van der Waals surface area contributed by atoms with Gasteiger partial charge in [0.05, 0.1) is 11.0 Å². The van der Waals surface area contributed by atoms with E-state index >= 15 is 0 Å². The van der Waals surface area contributed by atoms with Crippen molar-refractivity contribution in [2.75, 3.05) is 11.9 Å². The lowest BCUT2D eigenvalue weighted by Gasteiger charge is -2.17. The van der Waals surface area contributed by atoms with Crippen LogP contribution in [0.1, 0.15) is 17.3 Å². The smallest absolute Gasteiger partial charge is 0.319 e. The largest absolute Gasteiger partial charge is 0.396 e. The molecule has 2 amide bonds. The second kappa shape index (κ2) is 7.53. The minimum absolute atomic E-state index is 0.0392. The van der Waals surface area contributed by atoms with Gasteiger partial charge in [-0.05, 0) is 30.0 Å². The van der Waals surface area contributed by atoms with Crippen molar-refractivity contribution in [2.45, 2.75) is 12.5 Å². The molecule has 1 atom stereocenters. The molecule has 0 aliphatic rings. The van der Waals surface area contributed by atoms with Gasteiger partial charge in [0.25, 0.3) is 5.69 Å². The van der Waals surface area contributed by atoms with Crippen LogP contribution in [0.25, 0.3) is 0 Å². The zero-order valence-electron chi connectivity index (χ0n) is 11.6. The number of hydrogen-bond acceptors (Lipinski definition) is 5. The maximum Gasteiger partial charge on any atom is 0.319 e. The number of aliphatic hydroxyl groups excluding tert-OH is 1. The van der Waals surface area contributed by atoms with Gasteiger partial charge in [-0.3, -0.25) is 10.1 Å². The summed E-state index contributed by atoms with van der Waals surface area (Å²) >= 11 is 1.50. The molecule has 22 heavy (non-hydrogen) atoms. The number of non-ortho nitro benzene ring substituents is 1. The van der Waals surface area contributed by atoms with Crippen LogP contribution in [-0.2, 0) is 0 Å². The summed E-state index contributed by atoms with van der Waals surface area (Å²) in [5.74, 6) is 0. The second-order valence-corrected chi connectivity index (χ2v) is 5.46. The van der Waals surface area contributed by atoms with E-state index in [1.54, 1.807) is 0 Å². The highest BCUT2D eigenvalue weighted by atomic mass is 32.1. The molecule has 0 fully saturated rings. The first-order valence-corrected chi connectivity index (χ1v) is 7.44. The van der Waals surface area contributed by atoms with Crippen LogP contribution in [0.2, 0.25) is 0 Å². The van der Waals surface area contributed by atoms with E-state index in [0.717, 1.165) is 4.88 Å². The van der Waals surface area contributed by atoms with Crippen LogP contribution in [0, 0.1) is 10.1 Å². The van der Waals surface area contributed by atoms with E-state index in [1.165, 1.54) is 35.6 Å². The Morgan fingerprint density at radius 2 is 2.05 bits per heavy atom. The maximum absolute atomic E-state index is 12.0. The normalized spacial score (nSPS) is 11.7. The van der Waals surface area contributed by atoms with Crippen molar-refractivity contribution in [2.24, 2.45) is 0 Å². The fourth-order valence-electron chi connectivity index (χ4n) is 1.90. The van der Waals surface area contributed by atoms with Crippen LogP contribution in [0.15, 0.2) is 41.8 Å². The number of nitrogens with one attached hydrogen (secondary N) is 2. The van der Waals surface area contributed by atoms with Crippen molar-refractivity contribution in [3.63, 3.8) is 0 Å². The number of carbonyl (C=O) groups is 1. The molecule has 0 saturated carbocycles. The molecule has 2 aromatic rings. The van der Waals surface area contributed by atoms with E-state index in [1.807, 2.05) is 17.5 Å². The van der Waals surface area contributed by atoms with E-state index in [2.05, 4.69) is 10.6 Å². The Labute approximate surface area is 130 Å². The molecule has 8 heteroatoms. The molecule has 0 saturated heterocycles. The van der Waals surface area contributed by atoms with E-state index in [9.17, 15) is 14.9 Å². The number of urea groups is 1. The SMILES string of the molecule is O=C(Nc1ccc([N+](=O)[O-])cc1)N[C@H](CCO)c1cccs1. The number of benzene rings is 1. The lowest BCUT2D eigenvalue weighted by atomic mass is 10.2. The number of nitro benzene ring substituents is 1. The third kappa shape index (κ3) is 4.27. The Morgan fingerprint density at radius 1 is 1.32 bits per heavy atom. The minimum atomic E-state index is -0.502. The summed E-state index contributed by atoms with van der Waals surface area (Å²) in [4.78, 5) is 23.0. The summed E-state index contributed by atoms with van der Waals surface area (Å²) in [7, 11) is 0. The van der Waals surface area contributed by atoms with Crippen LogP contribution < -0.4 is 10.6 Å². The highest BCUT2D eigenvalue weighted by Gasteiger charge is 2.15. The van der Waals surface area contributed by atoms with Gasteiger partial charge in [0.1, 0.15) is 0 Å². The van der Waals surface area contributed by atoms with Crippen LogP contribution in [0.3, 0.4) is 0 Å². The summed E-state index contributed by atoms with van der Waals surface area (Å²) in [6.45, 7) is -0.0413. The van der Waals surface area contributed by atoms with Crippen LogP contribution in [-0.4, -0.2) is 22.7 Å². The zero-order chi connectivity index (χ0) is 15.9. The Bertz CT molecular complexity index is 628. The van der Waals surface area contributed by atoms with Gasteiger partial charge in [0.15, 0.2) is 0 Å². The van der Waals surface area contributed by atoms with Gasteiger partial charge in [-0.1, -0.05) is 6.07 Å². The average molecular weight is 321 g/mol. The quantitative estimate of drug-likeness (QED) is 0.562. The molecule has 1 aromatic carbocycles. The van der Waals surface area contributed by atoms with Gasteiger partial charge in [-0.15, -0.1) is 11.3 Å². The number of aliphatic hydroxyl groups is 1. The predicted octanol–water partition coefficient (Wildman–Crippen LogP) is 2.90. The first-order valence-electron chi connectivity index (χ1n) is 6.56. The number of carbonyl (C=O) groups excluding carboxylic acids is 1. The van der Waals surface area contributed by atoms with Gasteiger partial charge in [0.2, 0.25) is 0 Å². The topological polar surface area (TPSA) is 104 Å². The van der Waals surface area contributed by atoms with Crippen molar-refractivity contribution in [1.29, 1.82) is 0 Å². The van der Waals surface area contributed by atoms with Crippen LogP contribution in [0.5, 0.6) is 0 Å². The summed E-state index contributed by atoms with van der Waals surface area (Å²) in [5, 5.41) is 26.9. The number of amides is 2. The molecule has 0 aliphatic heterocycles. The van der Waals surface area contributed by atoms with Crippen molar-refractivity contribution < 1.29 is 14.8 Å². The summed E-state index contributed by atoms with van der Waals surface area (Å²) in [6, 6.07) is 8.62. The number of hydrogen-bond donors (Lipinski definition) is 3. The summed E-state index contributed by atoms with van der Waals surface area (Å²) < 4.78 is 0. The van der Waals surface area contributed by atoms with Crippen molar-refractivity contribution in [3.05, 3.63) is 56.8 Å². The van der Waals surface area contributed by atoms with E-state index < -0.39 is 11.0 Å². The lowest BCUT2D eigenvalue weighted by molar-refractivity contribution is -0.384. The average Bonchev–Trinajstić information content (AvgIpc) is 3.01. The highest BCUT2D eigenvalue weighted by Crippen LogP contribution is 2.22. The molecule has 116 valence electrons. The molecule has 7 nitrogen and oxygen atoms in total. The molecular formula is C14H15N3O4S. The Morgan fingerprint density at radius 3 is 2.59 bits per heavy atom. The zero-order valence-corrected chi connectivity index (χ0v) is 12.4. The van der Waals surface area contributed by atoms with Crippen molar-refractivity contribution >= 4 is 28.7 Å². The van der Waals surface area contributed by atoms with Gasteiger partial charge in [0, 0.05) is 29.3 Å². The molecule has 0 bridgehead atoms.